The van der Waals surface area contributed by atoms with Crippen LogP contribution >= 0.6 is 0 Å². The lowest BCUT2D eigenvalue weighted by Gasteiger charge is -2.29. The Morgan fingerprint density at radius 2 is 0.780 bits per heavy atom. The van der Waals surface area contributed by atoms with E-state index < -0.39 is 46.5 Å². The van der Waals surface area contributed by atoms with Gasteiger partial charge >= 0.3 is 0 Å². The molecule has 4 aromatic carbocycles. The van der Waals surface area contributed by atoms with Crippen LogP contribution in [0.3, 0.4) is 0 Å². The summed E-state index contributed by atoms with van der Waals surface area (Å²) in [5.74, 6) is -7.15. The molecule has 0 atom stereocenters. The van der Waals surface area contributed by atoms with Crippen molar-refractivity contribution in [2.75, 3.05) is 0 Å². The zero-order valence-electron chi connectivity index (χ0n) is 29.0. The van der Waals surface area contributed by atoms with Gasteiger partial charge in [-0.15, -0.1) is 0 Å². The lowest BCUT2D eigenvalue weighted by Crippen LogP contribution is -2.15. The molecule has 0 saturated heterocycles. The van der Waals surface area contributed by atoms with Gasteiger partial charge in [0.15, 0.2) is 46.5 Å². The van der Waals surface area contributed by atoms with E-state index >= 15 is 0 Å². The van der Waals surface area contributed by atoms with Crippen molar-refractivity contribution in [3.05, 3.63) is 117 Å². The zero-order chi connectivity index (χ0) is 36.3. The number of benzene rings is 4. The van der Waals surface area contributed by atoms with Crippen molar-refractivity contribution in [3.8, 4) is 22.3 Å². The second-order valence-corrected chi connectivity index (χ2v) is 14.2. The topological polar surface area (TPSA) is 0 Å². The van der Waals surface area contributed by atoms with E-state index in [1.807, 2.05) is 0 Å². The van der Waals surface area contributed by atoms with E-state index in [1.54, 1.807) is 0 Å². The third kappa shape index (κ3) is 7.79. The molecule has 0 amide bonds. The number of hydrogen-bond acceptors (Lipinski definition) is 0. The van der Waals surface area contributed by atoms with Crippen molar-refractivity contribution >= 4 is 0 Å². The normalized spacial score (nSPS) is 20.7. The fraction of sp³-hybridized carbons (Fsp3) is 0.429. The van der Waals surface area contributed by atoms with E-state index in [2.05, 4.69) is 13.8 Å². The summed E-state index contributed by atoms with van der Waals surface area (Å²) < 4.78 is 114. The first kappa shape index (κ1) is 37.6. The van der Waals surface area contributed by atoms with E-state index in [9.17, 15) is 35.1 Å². The molecule has 0 N–H and O–H groups in total. The van der Waals surface area contributed by atoms with E-state index in [1.165, 1.54) is 68.8 Å². The molecule has 2 fully saturated rings. The van der Waals surface area contributed by atoms with Gasteiger partial charge in [0, 0.05) is 22.3 Å². The van der Waals surface area contributed by atoms with Gasteiger partial charge in [0.05, 0.1) is 0 Å². The van der Waals surface area contributed by atoms with E-state index in [-0.39, 0.29) is 45.2 Å². The standard InChI is InChI=1S/C22H24F4.C20H20F4/c1-3-4-14-6-8-15(9-7-14)16-11-12-18(22(26)20(16)24)17-10-5-13(2)19(23)21(17)25;1-11-3-6-13(7-4-11)14-9-10-16(20(24)18(14)22)15-8-5-12(2)17(21)19(15)23/h5,10-12,14-15H,3-4,6-9H2,1-2H3;5,8-11,13H,3-4,6-7H2,1-2H3. The minimum absolute atomic E-state index is 0.00810. The summed E-state index contributed by atoms with van der Waals surface area (Å²) in [6, 6.07) is 11.1. The fourth-order valence-corrected chi connectivity index (χ4v) is 7.62. The Morgan fingerprint density at radius 3 is 1.16 bits per heavy atom. The van der Waals surface area contributed by atoms with Gasteiger partial charge in [-0.1, -0.05) is 88.1 Å². The molecular formula is C42H44F8. The first-order valence-corrected chi connectivity index (χ1v) is 17.7. The molecule has 0 nitrogen and oxygen atoms in total. The molecule has 0 aliphatic heterocycles. The highest BCUT2D eigenvalue weighted by Gasteiger charge is 2.28. The van der Waals surface area contributed by atoms with E-state index in [0.717, 1.165) is 57.8 Å². The van der Waals surface area contributed by atoms with Gasteiger partial charge in [-0.2, -0.15) is 0 Å². The van der Waals surface area contributed by atoms with Crippen LogP contribution in [0.2, 0.25) is 0 Å². The summed E-state index contributed by atoms with van der Waals surface area (Å²) in [6.45, 7) is 7.17. The Kier molecular flexibility index (Phi) is 12.1. The summed E-state index contributed by atoms with van der Waals surface area (Å²) in [5, 5.41) is 0. The van der Waals surface area contributed by atoms with Crippen molar-refractivity contribution in [1.82, 2.24) is 0 Å². The van der Waals surface area contributed by atoms with Crippen LogP contribution in [0.4, 0.5) is 35.1 Å². The smallest absolute Gasteiger partial charge is 0.167 e. The maximum atomic E-state index is 14.7. The lowest BCUT2D eigenvalue weighted by molar-refractivity contribution is 0.303. The van der Waals surface area contributed by atoms with Gasteiger partial charge in [0.2, 0.25) is 0 Å². The van der Waals surface area contributed by atoms with Crippen molar-refractivity contribution in [2.24, 2.45) is 11.8 Å². The van der Waals surface area contributed by atoms with Gasteiger partial charge in [-0.3, -0.25) is 0 Å². The average molecular weight is 701 g/mol. The predicted molar refractivity (Wildman–Crippen MR) is 183 cm³/mol. The Bertz CT molecular complexity index is 1810. The molecule has 6 rings (SSSR count). The minimum atomic E-state index is -1.15. The molecule has 0 bridgehead atoms. The monoisotopic (exact) mass is 700 g/mol. The molecule has 268 valence electrons. The summed E-state index contributed by atoms with van der Waals surface area (Å²) in [7, 11) is 0. The molecule has 0 heterocycles. The van der Waals surface area contributed by atoms with E-state index in [4.69, 9.17) is 0 Å². The highest BCUT2D eigenvalue weighted by Crippen LogP contribution is 2.41. The van der Waals surface area contributed by atoms with Crippen LogP contribution in [0.1, 0.15) is 112 Å². The molecule has 2 aliphatic carbocycles. The van der Waals surface area contributed by atoms with Crippen LogP contribution in [0.25, 0.3) is 22.3 Å². The minimum Gasteiger partial charge on any atom is -0.203 e. The third-order valence-electron chi connectivity index (χ3n) is 10.8. The van der Waals surface area contributed by atoms with Crippen LogP contribution in [-0.4, -0.2) is 0 Å². The molecule has 2 aliphatic rings. The summed E-state index contributed by atoms with van der Waals surface area (Å²) in [6.07, 6.45) is 9.69. The molecule has 50 heavy (non-hydrogen) atoms. The van der Waals surface area contributed by atoms with Crippen molar-refractivity contribution < 1.29 is 35.1 Å². The molecule has 0 unspecified atom stereocenters. The van der Waals surface area contributed by atoms with Gasteiger partial charge in [0.1, 0.15) is 0 Å². The van der Waals surface area contributed by atoms with Gasteiger partial charge in [0.25, 0.3) is 0 Å². The van der Waals surface area contributed by atoms with Crippen molar-refractivity contribution in [3.63, 3.8) is 0 Å². The van der Waals surface area contributed by atoms with Crippen LogP contribution < -0.4 is 0 Å². The van der Waals surface area contributed by atoms with Crippen molar-refractivity contribution in [2.45, 2.75) is 104 Å². The molecule has 0 radical (unpaired) electrons. The first-order valence-electron chi connectivity index (χ1n) is 17.7. The largest absolute Gasteiger partial charge is 0.203 e. The van der Waals surface area contributed by atoms with Crippen molar-refractivity contribution in [1.29, 1.82) is 0 Å². The second kappa shape index (κ2) is 16.1. The Hall–Kier alpha value is -3.68. The summed E-state index contributed by atoms with van der Waals surface area (Å²) in [5.41, 5.74) is -0.0110. The maximum absolute atomic E-state index is 14.7. The summed E-state index contributed by atoms with van der Waals surface area (Å²) in [4.78, 5) is 0. The second-order valence-electron chi connectivity index (χ2n) is 14.2. The molecule has 0 spiro atoms. The predicted octanol–water partition coefficient (Wildman–Crippen LogP) is 13.8. The fourth-order valence-electron chi connectivity index (χ4n) is 7.62. The Balaban J connectivity index is 0.000000195. The molecular weight excluding hydrogens is 656 g/mol. The van der Waals surface area contributed by atoms with Gasteiger partial charge in [-0.05, 0) is 98.3 Å². The van der Waals surface area contributed by atoms with E-state index in [0.29, 0.717) is 23.0 Å². The zero-order valence-corrected chi connectivity index (χ0v) is 29.0. The highest BCUT2D eigenvalue weighted by molar-refractivity contribution is 5.67. The number of halogens is 8. The quantitative estimate of drug-likeness (QED) is 0.176. The first-order chi connectivity index (χ1) is 23.8. The molecule has 4 aromatic rings. The number of aryl methyl sites for hydroxylation is 2. The molecule has 2 saturated carbocycles. The maximum Gasteiger partial charge on any atom is 0.167 e. The molecule has 0 aromatic heterocycles. The van der Waals surface area contributed by atoms with Gasteiger partial charge < -0.3 is 0 Å². The van der Waals surface area contributed by atoms with Crippen LogP contribution in [0.15, 0.2) is 48.5 Å². The van der Waals surface area contributed by atoms with Crippen LogP contribution in [-0.2, 0) is 0 Å². The average Bonchev–Trinajstić information content (AvgIpc) is 3.11. The van der Waals surface area contributed by atoms with Crippen LogP contribution in [0, 0.1) is 72.2 Å². The highest BCUT2D eigenvalue weighted by atomic mass is 19.2. The number of hydrogen-bond donors (Lipinski definition) is 0. The Labute approximate surface area is 289 Å². The van der Waals surface area contributed by atoms with Gasteiger partial charge in [-0.25, -0.2) is 35.1 Å². The molecule has 8 heteroatoms. The summed E-state index contributed by atoms with van der Waals surface area (Å²) >= 11 is 0. The SMILES string of the molecule is CCCC1CCC(c2ccc(-c3ccc(C)c(F)c3F)c(F)c2F)CC1.Cc1ccc(-c2ccc(C3CCC(C)CC3)c(F)c2F)c(F)c1F. The van der Waals surface area contributed by atoms with Crippen LogP contribution in [0.5, 0.6) is 0 Å². The lowest BCUT2D eigenvalue weighted by atomic mass is 9.77. The number of rotatable bonds is 6. The third-order valence-corrected chi connectivity index (χ3v) is 10.8. The Morgan fingerprint density at radius 1 is 0.440 bits per heavy atom.